The van der Waals surface area contributed by atoms with Crippen molar-refractivity contribution in [2.24, 2.45) is 7.05 Å². The van der Waals surface area contributed by atoms with Gasteiger partial charge in [0.15, 0.2) is 0 Å². The van der Waals surface area contributed by atoms with Crippen LogP contribution in [0.25, 0.3) is 0 Å². The van der Waals surface area contributed by atoms with Crippen molar-refractivity contribution in [2.75, 3.05) is 4.72 Å². The predicted molar refractivity (Wildman–Crippen MR) is 107 cm³/mol. The van der Waals surface area contributed by atoms with E-state index in [2.05, 4.69) is 27.3 Å². The Morgan fingerprint density at radius 2 is 1.52 bits per heavy atom. The molecular formula is C20H24N4O2S. The van der Waals surface area contributed by atoms with Gasteiger partial charge in [-0.15, -0.1) is 0 Å². The summed E-state index contributed by atoms with van der Waals surface area (Å²) < 4.78 is 29.6. The van der Waals surface area contributed by atoms with Gasteiger partial charge in [0, 0.05) is 20.1 Å². The van der Waals surface area contributed by atoms with Gasteiger partial charge in [-0.05, 0) is 37.1 Å². The first-order valence-electron chi connectivity index (χ1n) is 8.73. The fourth-order valence-corrected chi connectivity index (χ4v) is 4.02. The molecule has 0 unspecified atom stereocenters. The third kappa shape index (κ3) is 4.56. The van der Waals surface area contributed by atoms with Crippen LogP contribution in [0.1, 0.15) is 22.5 Å². The predicted octanol–water partition coefficient (Wildman–Crippen LogP) is 3.13. The first-order chi connectivity index (χ1) is 12.9. The molecule has 0 bridgehead atoms. The van der Waals surface area contributed by atoms with Crippen LogP contribution in [-0.4, -0.2) is 18.2 Å². The van der Waals surface area contributed by atoms with E-state index in [1.54, 1.807) is 30.8 Å². The van der Waals surface area contributed by atoms with E-state index in [9.17, 15) is 8.42 Å². The van der Waals surface area contributed by atoms with Gasteiger partial charge in [-0.3, -0.25) is 9.40 Å². The van der Waals surface area contributed by atoms with Crippen LogP contribution in [0.3, 0.4) is 0 Å². The summed E-state index contributed by atoms with van der Waals surface area (Å²) in [5, 5.41) is 7.60. The Morgan fingerprint density at radius 1 is 0.926 bits per heavy atom. The molecule has 0 amide bonds. The monoisotopic (exact) mass is 384 g/mol. The molecule has 0 atom stereocenters. The summed E-state index contributed by atoms with van der Waals surface area (Å²) in [5.74, 6) is 0. The highest BCUT2D eigenvalue weighted by molar-refractivity contribution is 7.92. The average Bonchev–Trinajstić information content (AvgIpc) is 2.89. The maximum Gasteiger partial charge on any atom is 0.262 e. The Labute approximate surface area is 160 Å². The molecule has 3 rings (SSSR count). The van der Waals surface area contributed by atoms with Crippen LogP contribution in [0.5, 0.6) is 0 Å². The molecule has 27 heavy (non-hydrogen) atoms. The summed E-state index contributed by atoms with van der Waals surface area (Å²) in [4.78, 5) is 0.233. The molecule has 0 radical (unpaired) electrons. The minimum Gasteiger partial charge on any atom is -0.309 e. The van der Waals surface area contributed by atoms with Crippen molar-refractivity contribution in [2.45, 2.75) is 31.8 Å². The smallest absolute Gasteiger partial charge is 0.262 e. The fraction of sp³-hybridized carbons (Fsp3) is 0.250. The lowest BCUT2D eigenvalue weighted by molar-refractivity contribution is 0.601. The minimum absolute atomic E-state index is 0.233. The molecule has 0 saturated heterocycles. The molecule has 7 heteroatoms. The zero-order chi connectivity index (χ0) is 19.4. The van der Waals surface area contributed by atoms with E-state index in [0.29, 0.717) is 17.9 Å². The molecule has 2 aromatic carbocycles. The van der Waals surface area contributed by atoms with Crippen molar-refractivity contribution in [3.05, 3.63) is 77.1 Å². The summed E-state index contributed by atoms with van der Waals surface area (Å²) >= 11 is 0. The van der Waals surface area contributed by atoms with E-state index >= 15 is 0 Å². The van der Waals surface area contributed by atoms with Crippen LogP contribution in [0, 0.1) is 13.8 Å². The van der Waals surface area contributed by atoms with Gasteiger partial charge in [0.25, 0.3) is 10.0 Å². The molecular weight excluding hydrogens is 360 g/mol. The summed E-state index contributed by atoms with van der Waals surface area (Å²) in [5.41, 5.74) is 4.20. The Morgan fingerprint density at radius 3 is 2.07 bits per heavy atom. The SMILES string of the molecule is Cc1nn(C)c(C)c1NS(=O)(=O)c1ccc(CNCc2ccccc2)cc1. The number of rotatable bonds is 7. The van der Waals surface area contributed by atoms with Gasteiger partial charge in [0.05, 0.1) is 22.0 Å². The van der Waals surface area contributed by atoms with Crippen LogP contribution in [0.15, 0.2) is 59.5 Å². The van der Waals surface area contributed by atoms with Gasteiger partial charge in [0.1, 0.15) is 0 Å². The first kappa shape index (κ1) is 19.1. The zero-order valence-corrected chi connectivity index (χ0v) is 16.5. The van der Waals surface area contributed by atoms with Crippen LogP contribution in [0.2, 0.25) is 0 Å². The Hall–Kier alpha value is -2.64. The Bertz CT molecular complexity index is 1010. The summed E-state index contributed by atoms with van der Waals surface area (Å²) in [7, 11) is -1.86. The van der Waals surface area contributed by atoms with Gasteiger partial charge in [-0.2, -0.15) is 5.10 Å². The van der Waals surface area contributed by atoms with Crippen LogP contribution in [0.4, 0.5) is 5.69 Å². The topological polar surface area (TPSA) is 76.0 Å². The van der Waals surface area contributed by atoms with Gasteiger partial charge in [-0.25, -0.2) is 8.42 Å². The zero-order valence-electron chi connectivity index (χ0n) is 15.7. The number of hydrogen-bond acceptors (Lipinski definition) is 4. The quantitative estimate of drug-likeness (QED) is 0.656. The third-order valence-corrected chi connectivity index (χ3v) is 5.85. The molecule has 0 aliphatic rings. The molecule has 0 spiro atoms. The van der Waals surface area contributed by atoms with Crippen molar-refractivity contribution in [1.29, 1.82) is 0 Å². The van der Waals surface area contributed by atoms with E-state index in [1.165, 1.54) is 5.56 Å². The molecule has 0 saturated carbocycles. The van der Waals surface area contributed by atoms with Gasteiger partial charge < -0.3 is 5.32 Å². The highest BCUT2D eigenvalue weighted by atomic mass is 32.2. The largest absolute Gasteiger partial charge is 0.309 e. The molecule has 0 aliphatic heterocycles. The second-order valence-corrected chi connectivity index (χ2v) is 8.19. The van der Waals surface area contributed by atoms with Crippen LogP contribution >= 0.6 is 0 Å². The summed E-state index contributed by atoms with van der Waals surface area (Å²) in [6.07, 6.45) is 0. The van der Waals surface area contributed by atoms with E-state index in [4.69, 9.17) is 0 Å². The van der Waals surface area contributed by atoms with Crippen molar-refractivity contribution in [3.8, 4) is 0 Å². The third-order valence-electron chi connectivity index (χ3n) is 4.48. The Kier molecular flexibility index (Phi) is 5.62. The maximum atomic E-state index is 12.7. The number of hydrogen-bond donors (Lipinski definition) is 2. The number of aryl methyl sites for hydroxylation is 2. The molecule has 0 fully saturated rings. The molecule has 142 valence electrons. The van der Waals surface area contributed by atoms with E-state index < -0.39 is 10.0 Å². The Balaban J connectivity index is 1.65. The van der Waals surface area contributed by atoms with Crippen molar-refractivity contribution < 1.29 is 8.42 Å². The second kappa shape index (κ2) is 7.94. The number of nitrogens with one attached hydrogen (secondary N) is 2. The lowest BCUT2D eigenvalue weighted by Gasteiger charge is -2.10. The highest BCUT2D eigenvalue weighted by Crippen LogP contribution is 2.22. The number of anilines is 1. The number of nitrogens with zero attached hydrogens (tertiary/aromatic N) is 2. The second-order valence-electron chi connectivity index (χ2n) is 6.51. The normalized spacial score (nSPS) is 11.5. The highest BCUT2D eigenvalue weighted by Gasteiger charge is 2.19. The molecule has 0 aliphatic carbocycles. The molecule has 6 nitrogen and oxygen atoms in total. The molecule has 1 aromatic heterocycles. The van der Waals surface area contributed by atoms with E-state index in [1.807, 2.05) is 37.3 Å². The standard InChI is InChI=1S/C20H24N4O2S/c1-15-20(16(2)24(3)22-15)23-27(25,26)19-11-9-18(10-12-19)14-21-13-17-7-5-4-6-8-17/h4-12,21,23H,13-14H2,1-3H3. The fourth-order valence-electron chi connectivity index (χ4n) is 2.85. The number of benzene rings is 2. The van der Waals surface area contributed by atoms with Crippen molar-refractivity contribution >= 4 is 15.7 Å². The molecule has 3 aromatic rings. The summed E-state index contributed by atoms with van der Waals surface area (Å²) in [6, 6.07) is 17.1. The van der Waals surface area contributed by atoms with Gasteiger partial charge >= 0.3 is 0 Å². The van der Waals surface area contributed by atoms with Gasteiger partial charge in [0.2, 0.25) is 0 Å². The summed E-state index contributed by atoms with van der Waals surface area (Å²) in [6.45, 7) is 5.05. The van der Waals surface area contributed by atoms with Crippen LogP contribution < -0.4 is 10.0 Å². The first-order valence-corrected chi connectivity index (χ1v) is 10.2. The molecule has 2 N–H and O–H groups in total. The van der Waals surface area contributed by atoms with Crippen LogP contribution in [-0.2, 0) is 30.2 Å². The van der Waals surface area contributed by atoms with E-state index in [0.717, 1.165) is 17.8 Å². The average molecular weight is 385 g/mol. The number of aromatic nitrogens is 2. The molecule has 1 heterocycles. The lowest BCUT2D eigenvalue weighted by atomic mass is 10.2. The van der Waals surface area contributed by atoms with Crippen molar-refractivity contribution in [3.63, 3.8) is 0 Å². The van der Waals surface area contributed by atoms with Crippen molar-refractivity contribution in [1.82, 2.24) is 15.1 Å². The van der Waals surface area contributed by atoms with Gasteiger partial charge in [-0.1, -0.05) is 42.5 Å². The van der Waals surface area contributed by atoms with E-state index in [-0.39, 0.29) is 4.90 Å². The number of sulfonamides is 1. The lowest BCUT2D eigenvalue weighted by Crippen LogP contribution is -2.15. The minimum atomic E-state index is -3.65. The maximum absolute atomic E-state index is 12.7.